The van der Waals surface area contributed by atoms with E-state index in [-0.39, 0.29) is 5.91 Å². The second kappa shape index (κ2) is 9.53. The number of hydrogen-bond donors (Lipinski definition) is 1. The van der Waals surface area contributed by atoms with Gasteiger partial charge < -0.3 is 10.2 Å². The Morgan fingerprint density at radius 2 is 1.73 bits per heavy atom. The van der Waals surface area contributed by atoms with Gasteiger partial charge in [0.05, 0.1) is 11.4 Å². The first-order valence-corrected chi connectivity index (χ1v) is 9.49. The van der Waals surface area contributed by atoms with Crippen LogP contribution in [0.15, 0.2) is 36.4 Å². The molecule has 0 aliphatic heterocycles. The maximum Gasteiger partial charge on any atom is 0.270 e. The Morgan fingerprint density at radius 3 is 2.31 bits per heavy atom. The standard InChI is InChI=1S/C21H32N4O/c1-16(2)14-24(15-17(3)4)12-11-22-21(26)20-13-18(5)23-25(20)19-9-7-6-8-10-19/h6-10,13,16-17H,11-12,14-15H2,1-5H3,(H,22,26). The molecule has 2 aromatic rings. The van der Waals surface area contributed by atoms with E-state index in [1.807, 2.05) is 43.3 Å². The summed E-state index contributed by atoms with van der Waals surface area (Å²) in [6, 6.07) is 11.6. The summed E-state index contributed by atoms with van der Waals surface area (Å²) in [7, 11) is 0. The van der Waals surface area contributed by atoms with E-state index in [0.717, 1.165) is 31.0 Å². The lowest BCUT2D eigenvalue weighted by Gasteiger charge is -2.26. The van der Waals surface area contributed by atoms with Crippen molar-refractivity contribution in [3.63, 3.8) is 0 Å². The van der Waals surface area contributed by atoms with E-state index in [1.54, 1.807) is 4.68 Å². The molecule has 5 heteroatoms. The van der Waals surface area contributed by atoms with Crippen molar-refractivity contribution in [2.24, 2.45) is 11.8 Å². The van der Waals surface area contributed by atoms with Gasteiger partial charge in [0.1, 0.15) is 5.69 Å². The van der Waals surface area contributed by atoms with Crippen LogP contribution in [0.2, 0.25) is 0 Å². The lowest BCUT2D eigenvalue weighted by molar-refractivity contribution is 0.0938. The topological polar surface area (TPSA) is 50.2 Å². The first-order valence-electron chi connectivity index (χ1n) is 9.49. The third kappa shape index (κ3) is 5.99. The molecule has 1 aromatic heterocycles. The highest BCUT2D eigenvalue weighted by Gasteiger charge is 2.16. The molecular weight excluding hydrogens is 324 g/mol. The van der Waals surface area contributed by atoms with Crippen LogP contribution >= 0.6 is 0 Å². The van der Waals surface area contributed by atoms with Crippen molar-refractivity contribution in [3.05, 3.63) is 47.8 Å². The fourth-order valence-electron chi connectivity index (χ4n) is 3.14. The van der Waals surface area contributed by atoms with E-state index in [2.05, 4.69) is 43.0 Å². The third-order valence-corrected chi connectivity index (χ3v) is 4.03. The predicted molar refractivity (Wildman–Crippen MR) is 107 cm³/mol. The lowest BCUT2D eigenvalue weighted by atomic mass is 10.1. The largest absolute Gasteiger partial charge is 0.349 e. The Balaban J connectivity index is 2.00. The number of carbonyl (C=O) groups excluding carboxylic acids is 1. The number of benzene rings is 1. The van der Waals surface area contributed by atoms with Gasteiger partial charge in [-0.2, -0.15) is 5.10 Å². The molecule has 0 saturated carbocycles. The van der Waals surface area contributed by atoms with Crippen LogP contribution in [0.25, 0.3) is 5.69 Å². The second-order valence-corrected chi connectivity index (χ2v) is 7.72. The second-order valence-electron chi connectivity index (χ2n) is 7.72. The predicted octanol–water partition coefficient (Wildman–Crippen LogP) is 3.52. The quantitative estimate of drug-likeness (QED) is 0.748. The summed E-state index contributed by atoms with van der Waals surface area (Å²) in [5.41, 5.74) is 2.31. The van der Waals surface area contributed by atoms with Crippen LogP contribution in [0.3, 0.4) is 0 Å². The average Bonchev–Trinajstić information content (AvgIpc) is 2.96. The van der Waals surface area contributed by atoms with E-state index < -0.39 is 0 Å². The Labute approximate surface area is 157 Å². The molecule has 0 fully saturated rings. The Hall–Kier alpha value is -2.14. The van der Waals surface area contributed by atoms with Crippen molar-refractivity contribution in [3.8, 4) is 5.69 Å². The minimum Gasteiger partial charge on any atom is -0.349 e. The number of hydrogen-bond acceptors (Lipinski definition) is 3. The minimum atomic E-state index is -0.0801. The molecular formula is C21H32N4O. The van der Waals surface area contributed by atoms with E-state index >= 15 is 0 Å². The third-order valence-electron chi connectivity index (χ3n) is 4.03. The molecule has 0 radical (unpaired) electrons. The zero-order valence-electron chi connectivity index (χ0n) is 16.7. The number of carbonyl (C=O) groups is 1. The molecule has 1 N–H and O–H groups in total. The van der Waals surface area contributed by atoms with Gasteiger partial charge in [0, 0.05) is 26.2 Å². The summed E-state index contributed by atoms with van der Waals surface area (Å²) < 4.78 is 1.71. The van der Waals surface area contributed by atoms with Crippen LogP contribution in [-0.4, -0.2) is 46.8 Å². The molecule has 0 aliphatic rings. The van der Waals surface area contributed by atoms with Gasteiger partial charge in [-0.15, -0.1) is 0 Å². The van der Waals surface area contributed by atoms with Crippen molar-refractivity contribution in [2.45, 2.75) is 34.6 Å². The summed E-state index contributed by atoms with van der Waals surface area (Å²) >= 11 is 0. The van der Waals surface area contributed by atoms with Gasteiger partial charge >= 0.3 is 0 Å². The molecule has 0 spiro atoms. The summed E-state index contributed by atoms with van der Waals surface area (Å²) in [6.07, 6.45) is 0. The first-order chi connectivity index (χ1) is 12.4. The molecule has 0 unspecified atom stereocenters. The molecule has 26 heavy (non-hydrogen) atoms. The van der Waals surface area contributed by atoms with E-state index in [0.29, 0.717) is 24.1 Å². The van der Waals surface area contributed by atoms with E-state index in [9.17, 15) is 4.79 Å². The molecule has 0 aliphatic carbocycles. The van der Waals surface area contributed by atoms with E-state index in [1.165, 1.54) is 0 Å². The molecule has 1 aromatic carbocycles. The average molecular weight is 357 g/mol. The molecule has 0 atom stereocenters. The van der Waals surface area contributed by atoms with Gasteiger partial charge in [0.25, 0.3) is 5.91 Å². The van der Waals surface area contributed by atoms with Gasteiger partial charge in [-0.3, -0.25) is 4.79 Å². The zero-order chi connectivity index (χ0) is 19.1. The smallest absolute Gasteiger partial charge is 0.270 e. The first kappa shape index (κ1) is 20.2. The summed E-state index contributed by atoms with van der Waals surface area (Å²) in [5.74, 6) is 1.15. The monoisotopic (exact) mass is 356 g/mol. The Bertz CT molecular complexity index is 681. The van der Waals surface area contributed by atoms with Gasteiger partial charge in [-0.1, -0.05) is 45.9 Å². The number of aryl methyl sites for hydroxylation is 1. The Morgan fingerprint density at radius 1 is 1.12 bits per heavy atom. The van der Waals surface area contributed by atoms with Crippen LogP contribution in [0.4, 0.5) is 0 Å². The number of rotatable bonds is 9. The zero-order valence-corrected chi connectivity index (χ0v) is 16.7. The molecule has 5 nitrogen and oxygen atoms in total. The van der Waals surface area contributed by atoms with Gasteiger partial charge in [0.15, 0.2) is 0 Å². The minimum absolute atomic E-state index is 0.0801. The molecule has 0 saturated heterocycles. The maximum atomic E-state index is 12.7. The van der Waals surface area contributed by atoms with Crippen molar-refractivity contribution >= 4 is 5.91 Å². The van der Waals surface area contributed by atoms with Gasteiger partial charge in [-0.05, 0) is 37.0 Å². The van der Waals surface area contributed by atoms with Crippen LogP contribution in [-0.2, 0) is 0 Å². The van der Waals surface area contributed by atoms with Crippen molar-refractivity contribution in [2.75, 3.05) is 26.2 Å². The highest BCUT2D eigenvalue weighted by Crippen LogP contribution is 2.12. The SMILES string of the molecule is Cc1cc(C(=O)NCCN(CC(C)C)CC(C)C)n(-c2ccccc2)n1. The molecule has 1 amide bonds. The van der Waals surface area contributed by atoms with Gasteiger partial charge in [0.2, 0.25) is 0 Å². The number of aromatic nitrogens is 2. The molecule has 142 valence electrons. The van der Waals surface area contributed by atoms with Crippen molar-refractivity contribution < 1.29 is 4.79 Å². The molecule has 2 rings (SSSR count). The summed E-state index contributed by atoms with van der Waals surface area (Å²) in [6.45, 7) is 14.4. The summed E-state index contributed by atoms with van der Waals surface area (Å²) in [4.78, 5) is 15.1. The van der Waals surface area contributed by atoms with Gasteiger partial charge in [-0.25, -0.2) is 4.68 Å². The number of nitrogens with zero attached hydrogens (tertiary/aromatic N) is 3. The van der Waals surface area contributed by atoms with Crippen LogP contribution < -0.4 is 5.32 Å². The number of nitrogens with one attached hydrogen (secondary N) is 1. The van der Waals surface area contributed by atoms with Crippen molar-refractivity contribution in [1.82, 2.24) is 20.0 Å². The van der Waals surface area contributed by atoms with Crippen LogP contribution in [0, 0.1) is 18.8 Å². The highest BCUT2D eigenvalue weighted by molar-refractivity contribution is 5.93. The van der Waals surface area contributed by atoms with Crippen LogP contribution in [0.5, 0.6) is 0 Å². The maximum absolute atomic E-state index is 12.7. The molecule has 0 bridgehead atoms. The van der Waals surface area contributed by atoms with Crippen molar-refractivity contribution in [1.29, 1.82) is 0 Å². The fraction of sp³-hybridized carbons (Fsp3) is 0.524. The number of para-hydroxylation sites is 1. The number of amides is 1. The Kier molecular flexibility index (Phi) is 7.39. The highest BCUT2D eigenvalue weighted by atomic mass is 16.2. The normalized spacial score (nSPS) is 11.5. The molecule has 1 heterocycles. The fourth-order valence-corrected chi connectivity index (χ4v) is 3.14. The van der Waals surface area contributed by atoms with Crippen LogP contribution in [0.1, 0.15) is 43.9 Å². The van der Waals surface area contributed by atoms with E-state index in [4.69, 9.17) is 0 Å². The summed E-state index contributed by atoms with van der Waals surface area (Å²) in [5, 5.41) is 7.53. The lowest BCUT2D eigenvalue weighted by Crippen LogP contribution is -2.39.